The number of carbonyl (C=O) groups is 1. The summed E-state index contributed by atoms with van der Waals surface area (Å²) < 4.78 is 24.1. The molecule has 0 aliphatic carbocycles. The second-order valence-electron chi connectivity index (χ2n) is 4.77. The van der Waals surface area contributed by atoms with Gasteiger partial charge in [0.15, 0.2) is 9.84 Å². The molecule has 0 radical (unpaired) electrons. The van der Waals surface area contributed by atoms with E-state index in [2.05, 4.69) is 10.3 Å². The number of aromatic nitrogens is 1. The van der Waals surface area contributed by atoms with E-state index >= 15 is 0 Å². The van der Waals surface area contributed by atoms with Gasteiger partial charge in [0, 0.05) is 12.2 Å². The molecule has 2 N–H and O–H groups in total. The average Bonchev–Trinajstić information content (AvgIpc) is 2.47. The standard InChI is InChI=1S/C15H16N2O4S/c1-11-7-8-13(15(19)17-11)14(18)16-9-10-22(20,21)12-5-3-2-4-6-12/h2-8H,9-10H2,1H3,(H,16,18)(H,17,19). The molecule has 0 aliphatic rings. The van der Waals surface area contributed by atoms with Crippen molar-refractivity contribution in [3.63, 3.8) is 0 Å². The fourth-order valence-electron chi connectivity index (χ4n) is 1.89. The maximum Gasteiger partial charge on any atom is 0.260 e. The van der Waals surface area contributed by atoms with Crippen molar-refractivity contribution in [2.75, 3.05) is 12.3 Å². The molecule has 0 unspecified atom stereocenters. The highest BCUT2D eigenvalue weighted by atomic mass is 32.2. The minimum atomic E-state index is -3.46. The predicted octanol–water partition coefficient (Wildman–Crippen LogP) is 0.887. The van der Waals surface area contributed by atoms with Crippen LogP contribution < -0.4 is 10.9 Å². The van der Waals surface area contributed by atoms with Crippen LogP contribution in [-0.2, 0) is 9.84 Å². The molecule has 0 saturated carbocycles. The lowest BCUT2D eigenvalue weighted by molar-refractivity contribution is 0.0954. The summed E-state index contributed by atoms with van der Waals surface area (Å²) in [6.07, 6.45) is 0. The number of H-pyrrole nitrogens is 1. The molecular weight excluding hydrogens is 304 g/mol. The van der Waals surface area contributed by atoms with Gasteiger partial charge in [0.25, 0.3) is 11.5 Å². The van der Waals surface area contributed by atoms with Gasteiger partial charge in [-0.05, 0) is 31.2 Å². The molecule has 0 saturated heterocycles. The van der Waals surface area contributed by atoms with Gasteiger partial charge in [-0.3, -0.25) is 9.59 Å². The third-order valence-corrected chi connectivity index (χ3v) is 4.79. The predicted molar refractivity (Wildman–Crippen MR) is 82.6 cm³/mol. The summed E-state index contributed by atoms with van der Waals surface area (Å²) >= 11 is 0. The number of rotatable bonds is 5. The summed E-state index contributed by atoms with van der Waals surface area (Å²) in [6.45, 7) is 1.64. The van der Waals surface area contributed by atoms with Crippen molar-refractivity contribution >= 4 is 15.7 Å². The molecule has 0 spiro atoms. The van der Waals surface area contributed by atoms with Crippen LogP contribution in [0.15, 0.2) is 52.2 Å². The molecule has 0 atom stereocenters. The lowest BCUT2D eigenvalue weighted by Crippen LogP contribution is -2.33. The number of carbonyl (C=O) groups excluding carboxylic acids is 1. The number of aromatic amines is 1. The second-order valence-corrected chi connectivity index (χ2v) is 6.88. The van der Waals surface area contributed by atoms with E-state index in [1.54, 1.807) is 31.2 Å². The highest BCUT2D eigenvalue weighted by Gasteiger charge is 2.15. The van der Waals surface area contributed by atoms with E-state index in [9.17, 15) is 18.0 Å². The van der Waals surface area contributed by atoms with E-state index in [1.165, 1.54) is 18.2 Å². The van der Waals surface area contributed by atoms with Gasteiger partial charge in [0.1, 0.15) is 5.56 Å². The van der Waals surface area contributed by atoms with Crippen LogP contribution in [0.5, 0.6) is 0 Å². The Morgan fingerprint density at radius 1 is 1.14 bits per heavy atom. The van der Waals surface area contributed by atoms with Crippen molar-refractivity contribution in [3.05, 3.63) is 64.1 Å². The SMILES string of the molecule is Cc1ccc(C(=O)NCCS(=O)(=O)c2ccccc2)c(=O)[nH]1. The Morgan fingerprint density at radius 3 is 2.45 bits per heavy atom. The summed E-state index contributed by atoms with van der Waals surface area (Å²) in [5.74, 6) is -0.823. The van der Waals surface area contributed by atoms with Crippen LogP contribution in [0, 0.1) is 6.92 Å². The fraction of sp³-hybridized carbons (Fsp3) is 0.200. The average molecular weight is 320 g/mol. The molecule has 7 heteroatoms. The molecule has 0 aliphatic heterocycles. The number of pyridine rings is 1. The van der Waals surface area contributed by atoms with E-state index in [0.29, 0.717) is 5.69 Å². The summed E-state index contributed by atoms with van der Waals surface area (Å²) in [5.41, 5.74) is 0.110. The van der Waals surface area contributed by atoms with E-state index in [0.717, 1.165) is 0 Å². The number of hydrogen-bond donors (Lipinski definition) is 2. The van der Waals surface area contributed by atoms with E-state index < -0.39 is 21.3 Å². The van der Waals surface area contributed by atoms with Crippen LogP contribution >= 0.6 is 0 Å². The second kappa shape index (κ2) is 6.57. The molecular formula is C15H16N2O4S. The monoisotopic (exact) mass is 320 g/mol. The molecule has 22 heavy (non-hydrogen) atoms. The first kappa shape index (κ1) is 16.0. The summed E-state index contributed by atoms with van der Waals surface area (Å²) in [6, 6.07) is 11.0. The Morgan fingerprint density at radius 2 is 1.82 bits per heavy atom. The zero-order chi connectivity index (χ0) is 16.2. The topological polar surface area (TPSA) is 96.1 Å². The van der Waals surface area contributed by atoms with Crippen LogP contribution in [0.25, 0.3) is 0 Å². The zero-order valence-corrected chi connectivity index (χ0v) is 12.8. The third-order valence-electron chi connectivity index (χ3n) is 3.06. The molecule has 1 aromatic heterocycles. The normalized spacial score (nSPS) is 11.1. The van der Waals surface area contributed by atoms with Gasteiger partial charge in [0.2, 0.25) is 0 Å². The van der Waals surface area contributed by atoms with Gasteiger partial charge >= 0.3 is 0 Å². The van der Waals surface area contributed by atoms with Gasteiger partial charge in [-0.2, -0.15) is 0 Å². The fourth-order valence-corrected chi connectivity index (χ4v) is 3.07. The van der Waals surface area contributed by atoms with Crippen LogP contribution in [0.1, 0.15) is 16.1 Å². The van der Waals surface area contributed by atoms with Crippen LogP contribution in [0.2, 0.25) is 0 Å². The van der Waals surface area contributed by atoms with Crippen molar-refractivity contribution in [3.8, 4) is 0 Å². The largest absolute Gasteiger partial charge is 0.351 e. The van der Waals surface area contributed by atoms with Crippen molar-refractivity contribution in [1.29, 1.82) is 0 Å². The maximum absolute atomic E-state index is 12.0. The van der Waals surface area contributed by atoms with Crippen LogP contribution in [0.3, 0.4) is 0 Å². The van der Waals surface area contributed by atoms with E-state index in [4.69, 9.17) is 0 Å². The smallest absolute Gasteiger partial charge is 0.260 e. The Hall–Kier alpha value is -2.41. The molecule has 116 valence electrons. The van der Waals surface area contributed by atoms with E-state index in [1.807, 2.05) is 0 Å². The number of amides is 1. The first-order chi connectivity index (χ1) is 10.4. The van der Waals surface area contributed by atoms with Gasteiger partial charge in [-0.25, -0.2) is 8.42 Å². The van der Waals surface area contributed by atoms with Gasteiger partial charge in [-0.15, -0.1) is 0 Å². The highest BCUT2D eigenvalue weighted by Crippen LogP contribution is 2.09. The Kier molecular flexibility index (Phi) is 4.77. The number of benzene rings is 1. The Labute approximate surface area is 128 Å². The number of sulfone groups is 1. The molecule has 0 fully saturated rings. The lowest BCUT2D eigenvalue weighted by atomic mass is 10.2. The third kappa shape index (κ3) is 3.82. The Balaban J connectivity index is 1.99. The number of hydrogen-bond acceptors (Lipinski definition) is 4. The minimum Gasteiger partial charge on any atom is -0.351 e. The lowest BCUT2D eigenvalue weighted by Gasteiger charge is -2.06. The first-order valence-electron chi connectivity index (χ1n) is 6.66. The van der Waals surface area contributed by atoms with Crippen molar-refractivity contribution < 1.29 is 13.2 Å². The van der Waals surface area contributed by atoms with Gasteiger partial charge < -0.3 is 10.3 Å². The molecule has 2 aromatic rings. The van der Waals surface area contributed by atoms with E-state index in [-0.39, 0.29) is 22.8 Å². The quantitative estimate of drug-likeness (QED) is 0.855. The first-order valence-corrected chi connectivity index (χ1v) is 8.31. The molecule has 6 nitrogen and oxygen atoms in total. The molecule has 1 amide bonds. The van der Waals surface area contributed by atoms with Crippen molar-refractivity contribution in [2.45, 2.75) is 11.8 Å². The number of nitrogens with one attached hydrogen (secondary N) is 2. The molecule has 2 rings (SSSR count). The summed E-state index contributed by atoms with van der Waals surface area (Å²) in [4.78, 5) is 26.2. The maximum atomic E-state index is 12.0. The van der Waals surface area contributed by atoms with Crippen LogP contribution in [-0.4, -0.2) is 31.6 Å². The highest BCUT2D eigenvalue weighted by molar-refractivity contribution is 7.91. The molecule has 1 aromatic carbocycles. The van der Waals surface area contributed by atoms with Crippen molar-refractivity contribution in [1.82, 2.24) is 10.3 Å². The Bertz CT molecular complexity index is 826. The van der Waals surface area contributed by atoms with Gasteiger partial charge in [0.05, 0.1) is 10.6 Å². The van der Waals surface area contributed by atoms with Crippen LogP contribution in [0.4, 0.5) is 0 Å². The summed E-state index contributed by atoms with van der Waals surface area (Å²) in [7, 11) is -3.46. The number of aryl methyl sites for hydroxylation is 1. The molecule has 1 heterocycles. The minimum absolute atomic E-state index is 0.0392. The summed E-state index contributed by atoms with van der Waals surface area (Å²) in [5, 5.41) is 2.45. The zero-order valence-electron chi connectivity index (χ0n) is 12.0. The van der Waals surface area contributed by atoms with Crippen molar-refractivity contribution in [2.24, 2.45) is 0 Å². The molecule has 0 bridgehead atoms. The van der Waals surface area contributed by atoms with Gasteiger partial charge in [-0.1, -0.05) is 18.2 Å².